The number of alkyl halides is 1. The number of rotatable bonds is 1. The number of hydrogen-bond acceptors (Lipinski definition) is 2. The zero-order valence-corrected chi connectivity index (χ0v) is 9.22. The Hall–Kier alpha value is -0.250. The van der Waals surface area contributed by atoms with E-state index in [9.17, 15) is 4.79 Å². The van der Waals surface area contributed by atoms with Crippen molar-refractivity contribution < 1.29 is 9.53 Å². The predicted molar refractivity (Wildman–Crippen MR) is 50.5 cm³/mol. The Morgan fingerprint density at radius 1 is 1.67 bits per heavy atom. The molecule has 70 valence electrons. The highest BCUT2D eigenvalue weighted by atomic mass is 79.9. The fourth-order valence-corrected chi connectivity index (χ4v) is 1.49. The Morgan fingerprint density at radius 3 is 2.50 bits per heavy atom. The smallest absolute Gasteiger partial charge is 0.410 e. The third-order valence-corrected chi connectivity index (χ3v) is 2.58. The number of cyclic esters (lactones) is 1. The fraction of sp³-hybridized carbons (Fsp3) is 0.875. The minimum Gasteiger partial charge on any atom is -0.443 e. The van der Waals surface area contributed by atoms with Crippen molar-refractivity contribution in [1.29, 1.82) is 0 Å². The molecule has 1 aliphatic heterocycles. The molecule has 1 fully saturated rings. The number of carbonyl (C=O) groups is 1. The first-order valence-electron chi connectivity index (χ1n) is 3.99. The van der Waals surface area contributed by atoms with Gasteiger partial charge in [0.15, 0.2) is 0 Å². The molecule has 1 amide bonds. The van der Waals surface area contributed by atoms with Crippen LogP contribution in [-0.4, -0.2) is 34.5 Å². The molecular formula is C8H14BrNO2. The van der Waals surface area contributed by atoms with Gasteiger partial charge in [0.2, 0.25) is 0 Å². The fourth-order valence-electron chi connectivity index (χ4n) is 1.15. The Balaban J connectivity index is 2.64. The van der Waals surface area contributed by atoms with E-state index in [0.29, 0.717) is 11.9 Å². The van der Waals surface area contributed by atoms with Crippen LogP contribution in [0, 0.1) is 0 Å². The van der Waals surface area contributed by atoms with Gasteiger partial charge in [0.1, 0.15) is 6.10 Å². The summed E-state index contributed by atoms with van der Waals surface area (Å²) in [7, 11) is 0. The van der Waals surface area contributed by atoms with Gasteiger partial charge in [-0.2, -0.15) is 0 Å². The molecule has 0 bridgehead atoms. The van der Waals surface area contributed by atoms with Crippen molar-refractivity contribution in [2.24, 2.45) is 0 Å². The van der Waals surface area contributed by atoms with Crippen LogP contribution in [-0.2, 0) is 4.74 Å². The molecule has 1 atom stereocenters. The van der Waals surface area contributed by atoms with Crippen molar-refractivity contribution in [3.63, 3.8) is 0 Å². The van der Waals surface area contributed by atoms with E-state index in [4.69, 9.17) is 4.74 Å². The molecule has 0 aromatic heterocycles. The van der Waals surface area contributed by atoms with Crippen molar-refractivity contribution in [3.8, 4) is 0 Å². The van der Waals surface area contributed by atoms with Gasteiger partial charge in [0.25, 0.3) is 0 Å². The third-order valence-electron chi connectivity index (χ3n) is 1.86. The van der Waals surface area contributed by atoms with Crippen molar-refractivity contribution in [1.82, 2.24) is 4.90 Å². The van der Waals surface area contributed by atoms with Crippen LogP contribution in [0.25, 0.3) is 0 Å². The van der Waals surface area contributed by atoms with Crippen LogP contribution in [0.5, 0.6) is 0 Å². The highest BCUT2D eigenvalue weighted by Gasteiger charge is 2.37. The maximum atomic E-state index is 11.3. The second-order valence-electron chi connectivity index (χ2n) is 3.94. The van der Waals surface area contributed by atoms with Crippen LogP contribution >= 0.6 is 15.9 Å². The van der Waals surface area contributed by atoms with E-state index in [2.05, 4.69) is 15.9 Å². The minimum absolute atomic E-state index is 0.0109. The maximum absolute atomic E-state index is 11.3. The lowest BCUT2D eigenvalue weighted by atomic mass is 10.1. The zero-order chi connectivity index (χ0) is 9.35. The monoisotopic (exact) mass is 235 g/mol. The van der Waals surface area contributed by atoms with Crippen molar-refractivity contribution >= 4 is 22.0 Å². The lowest BCUT2D eigenvalue weighted by molar-refractivity contribution is 0.124. The van der Waals surface area contributed by atoms with E-state index in [1.165, 1.54) is 0 Å². The molecule has 0 saturated carbocycles. The van der Waals surface area contributed by atoms with Crippen molar-refractivity contribution in [2.45, 2.75) is 32.4 Å². The van der Waals surface area contributed by atoms with E-state index in [1.54, 1.807) is 4.90 Å². The number of carbonyl (C=O) groups excluding carboxylic acids is 1. The molecule has 1 aliphatic rings. The zero-order valence-electron chi connectivity index (χ0n) is 7.63. The highest BCUT2D eigenvalue weighted by molar-refractivity contribution is 9.09. The van der Waals surface area contributed by atoms with Crippen molar-refractivity contribution in [2.75, 3.05) is 11.9 Å². The maximum Gasteiger partial charge on any atom is 0.410 e. The molecule has 3 nitrogen and oxygen atoms in total. The summed E-state index contributed by atoms with van der Waals surface area (Å²) in [6.07, 6.45) is -0.191. The normalized spacial score (nSPS) is 24.5. The summed E-state index contributed by atoms with van der Waals surface area (Å²) in [5, 5.41) is 0.714. The van der Waals surface area contributed by atoms with E-state index in [0.717, 1.165) is 0 Å². The van der Waals surface area contributed by atoms with Crippen LogP contribution in [0.2, 0.25) is 0 Å². The number of nitrogens with zero attached hydrogens (tertiary/aromatic N) is 1. The average molecular weight is 236 g/mol. The van der Waals surface area contributed by atoms with Gasteiger partial charge in [0.05, 0.1) is 6.54 Å². The van der Waals surface area contributed by atoms with Gasteiger partial charge in [0, 0.05) is 10.9 Å². The SMILES string of the molecule is CC(C)(C)N1CC(CBr)OC1=O. The van der Waals surface area contributed by atoms with Crippen LogP contribution < -0.4 is 0 Å². The topological polar surface area (TPSA) is 29.5 Å². The second kappa shape index (κ2) is 3.24. The molecule has 12 heavy (non-hydrogen) atoms. The summed E-state index contributed by atoms with van der Waals surface area (Å²) in [4.78, 5) is 13.0. The molecule has 4 heteroatoms. The minimum atomic E-state index is -0.202. The van der Waals surface area contributed by atoms with Gasteiger partial charge in [-0.3, -0.25) is 4.90 Å². The van der Waals surface area contributed by atoms with Gasteiger partial charge in [-0.25, -0.2) is 4.79 Å². The van der Waals surface area contributed by atoms with Gasteiger partial charge in [-0.05, 0) is 20.8 Å². The average Bonchev–Trinajstić information content (AvgIpc) is 2.29. The number of halogens is 1. The molecule has 1 rings (SSSR count). The number of ether oxygens (including phenoxy) is 1. The van der Waals surface area contributed by atoms with E-state index >= 15 is 0 Å². The van der Waals surface area contributed by atoms with E-state index in [1.807, 2.05) is 20.8 Å². The molecule has 1 heterocycles. The Bertz CT molecular complexity index is 188. The van der Waals surface area contributed by atoms with Crippen LogP contribution in [0.4, 0.5) is 4.79 Å². The first-order chi connectivity index (χ1) is 5.45. The van der Waals surface area contributed by atoms with Gasteiger partial charge < -0.3 is 4.74 Å². The number of hydrogen-bond donors (Lipinski definition) is 0. The molecule has 0 spiro atoms. The summed E-state index contributed by atoms with van der Waals surface area (Å²) < 4.78 is 5.09. The molecule has 1 saturated heterocycles. The summed E-state index contributed by atoms with van der Waals surface area (Å²) in [6, 6.07) is 0. The summed E-state index contributed by atoms with van der Waals surface area (Å²) >= 11 is 3.29. The number of amides is 1. The molecule has 0 radical (unpaired) electrons. The third kappa shape index (κ3) is 1.91. The van der Waals surface area contributed by atoms with Gasteiger partial charge in [-0.15, -0.1) is 0 Å². The molecule has 1 unspecified atom stereocenters. The standard InChI is InChI=1S/C8H14BrNO2/c1-8(2,3)10-5-6(4-9)12-7(10)11/h6H,4-5H2,1-3H3. The Labute approximate surface area is 81.2 Å². The molecular weight excluding hydrogens is 222 g/mol. The molecule has 0 aliphatic carbocycles. The largest absolute Gasteiger partial charge is 0.443 e. The molecule has 0 N–H and O–H groups in total. The summed E-state index contributed by atoms with van der Waals surface area (Å²) in [5.41, 5.74) is -0.131. The van der Waals surface area contributed by atoms with Crippen LogP contribution in [0.3, 0.4) is 0 Å². The first-order valence-corrected chi connectivity index (χ1v) is 5.11. The highest BCUT2D eigenvalue weighted by Crippen LogP contribution is 2.22. The Morgan fingerprint density at radius 2 is 2.25 bits per heavy atom. The lowest BCUT2D eigenvalue weighted by Gasteiger charge is -2.29. The van der Waals surface area contributed by atoms with E-state index in [-0.39, 0.29) is 17.7 Å². The quantitative estimate of drug-likeness (QED) is 0.651. The van der Waals surface area contributed by atoms with Crippen LogP contribution in [0.1, 0.15) is 20.8 Å². The predicted octanol–water partition coefficient (Wildman–Crippen LogP) is 2.00. The van der Waals surface area contributed by atoms with E-state index < -0.39 is 0 Å². The van der Waals surface area contributed by atoms with Gasteiger partial charge >= 0.3 is 6.09 Å². The summed E-state index contributed by atoms with van der Waals surface area (Å²) in [5.74, 6) is 0. The second-order valence-corrected chi connectivity index (χ2v) is 4.59. The molecule has 0 aromatic rings. The molecule has 0 aromatic carbocycles. The summed E-state index contributed by atoms with van der Waals surface area (Å²) in [6.45, 7) is 6.70. The van der Waals surface area contributed by atoms with Gasteiger partial charge in [-0.1, -0.05) is 15.9 Å². The first kappa shape index (κ1) is 9.84. The van der Waals surface area contributed by atoms with Crippen LogP contribution in [0.15, 0.2) is 0 Å². The Kier molecular flexibility index (Phi) is 2.66. The van der Waals surface area contributed by atoms with Crippen molar-refractivity contribution in [3.05, 3.63) is 0 Å². The lowest BCUT2D eigenvalue weighted by Crippen LogP contribution is -2.42.